The lowest BCUT2D eigenvalue weighted by molar-refractivity contribution is -0.384. The Kier molecular flexibility index (Phi) is 3.98. The van der Waals surface area contributed by atoms with Gasteiger partial charge in [-0.2, -0.15) is 0 Å². The standard InChI is InChI=1S/C12H11BrN2O2S/c1-8-2-4-10(18-8)7-14-12-5-3-9(15(16)17)6-11(12)13/h2-6,14H,7H2,1H3. The lowest BCUT2D eigenvalue weighted by Gasteiger charge is -2.06. The normalized spacial score (nSPS) is 10.3. The van der Waals surface area contributed by atoms with Crippen LogP contribution in [-0.2, 0) is 6.54 Å². The molecule has 18 heavy (non-hydrogen) atoms. The molecule has 1 N–H and O–H groups in total. The van der Waals surface area contributed by atoms with E-state index in [-0.39, 0.29) is 5.69 Å². The monoisotopic (exact) mass is 326 g/mol. The van der Waals surface area contributed by atoms with Crippen molar-refractivity contribution in [2.45, 2.75) is 13.5 Å². The van der Waals surface area contributed by atoms with Gasteiger partial charge in [0.25, 0.3) is 5.69 Å². The van der Waals surface area contributed by atoms with E-state index < -0.39 is 4.92 Å². The maximum Gasteiger partial charge on any atom is 0.270 e. The third kappa shape index (κ3) is 3.08. The fourth-order valence-corrected chi connectivity index (χ4v) is 2.86. The topological polar surface area (TPSA) is 55.2 Å². The highest BCUT2D eigenvalue weighted by atomic mass is 79.9. The average Bonchev–Trinajstić information content (AvgIpc) is 2.73. The van der Waals surface area contributed by atoms with E-state index in [2.05, 4.69) is 40.3 Å². The van der Waals surface area contributed by atoms with E-state index in [1.807, 2.05) is 0 Å². The SMILES string of the molecule is Cc1ccc(CNc2ccc([N+](=O)[O-])cc2Br)s1. The van der Waals surface area contributed by atoms with Crippen molar-refractivity contribution in [3.8, 4) is 0 Å². The fraction of sp³-hybridized carbons (Fsp3) is 0.167. The van der Waals surface area contributed by atoms with E-state index in [1.165, 1.54) is 21.9 Å². The lowest BCUT2D eigenvalue weighted by atomic mass is 10.3. The zero-order chi connectivity index (χ0) is 13.1. The predicted octanol–water partition coefficient (Wildman–Crippen LogP) is 4.34. The van der Waals surface area contributed by atoms with Crippen LogP contribution in [0.25, 0.3) is 0 Å². The summed E-state index contributed by atoms with van der Waals surface area (Å²) in [7, 11) is 0. The first-order valence-electron chi connectivity index (χ1n) is 5.29. The summed E-state index contributed by atoms with van der Waals surface area (Å²) in [5, 5.41) is 13.9. The Morgan fingerprint density at radius 1 is 1.39 bits per heavy atom. The zero-order valence-corrected chi connectivity index (χ0v) is 12.0. The first-order chi connectivity index (χ1) is 8.56. The van der Waals surface area contributed by atoms with Crippen molar-refractivity contribution in [3.63, 3.8) is 0 Å². The number of nitrogens with zero attached hydrogens (tertiary/aromatic N) is 1. The molecular formula is C12H11BrN2O2S. The van der Waals surface area contributed by atoms with Gasteiger partial charge in [-0.1, -0.05) is 0 Å². The molecule has 94 valence electrons. The maximum atomic E-state index is 10.6. The molecule has 0 saturated carbocycles. The fourth-order valence-electron chi connectivity index (χ4n) is 1.52. The van der Waals surface area contributed by atoms with Crippen molar-refractivity contribution in [1.82, 2.24) is 0 Å². The molecule has 6 heteroatoms. The van der Waals surface area contributed by atoms with Gasteiger partial charge in [-0.05, 0) is 41.1 Å². The van der Waals surface area contributed by atoms with E-state index in [1.54, 1.807) is 17.4 Å². The predicted molar refractivity (Wildman–Crippen MR) is 77.2 cm³/mol. The number of nitro groups is 1. The van der Waals surface area contributed by atoms with Gasteiger partial charge in [0.1, 0.15) is 0 Å². The summed E-state index contributed by atoms with van der Waals surface area (Å²) in [5.41, 5.74) is 0.936. The van der Waals surface area contributed by atoms with Crippen molar-refractivity contribution in [2.24, 2.45) is 0 Å². The zero-order valence-electron chi connectivity index (χ0n) is 9.64. The Hall–Kier alpha value is -1.40. The maximum absolute atomic E-state index is 10.6. The van der Waals surface area contributed by atoms with Crippen LogP contribution in [0.4, 0.5) is 11.4 Å². The minimum absolute atomic E-state index is 0.0828. The molecule has 0 aliphatic carbocycles. The van der Waals surface area contributed by atoms with Gasteiger partial charge in [0, 0.05) is 38.6 Å². The largest absolute Gasteiger partial charge is 0.379 e. The molecule has 2 rings (SSSR count). The molecule has 4 nitrogen and oxygen atoms in total. The highest BCUT2D eigenvalue weighted by Gasteiger charge is 2.08. The van der Waals surface area contributed by atoms with Gasteiger partial charge in [-0.25, -0.2) is 0 Å². The molecule has 2 aromatic rings. The summed E-state index contributed by atoms with van der Waals surface area (Å²) in [4.78, 5) is 12.7. The molecule has 0 fully saturated rings. The van der Waals surface area contributed by atoms with Crippen molar-refractivity contribution >= 4 is 38.6 Å². The van der Waals surface area contributed by atoms with E-state index in [4.69, 9.17) is 0 Å². The average molecular weight is 327 g/mol. The Morgan fingerprint density at radius 2 is 2.17 bits per heavy atom. The van der Waals surface area contributed by atoms with E-state index in [9.17, 15) is 10.1 Å². The molecule has 0 saturated heterocycles. The summed E-state index contributed by atoms with van der Waals surface area (Å²) in [5.74, 6) is 0. The van der Waals surface area contributed by atoms with Gasteiger partial charge in [0.2, 0.25) is 0 Å². The lowest BCUT2D eigenvalue weighted by Crippen LogP contribution is -1.98. The van der Waals surface area contributed by atoms with Crippen LogP contribution in [-0.4, -0.2) is 4.92 Å². The Bertz CT molecular complexity index is 583. The molecule has 0 radical (unpaired) electrons. The Labute approximate surface area is 117 Å². The van der Waals surface area contributed by atoms with Crippen LogP contribution < -0.4 is 5.32 Å². The van der Waals surface area contributed by atoms with Crippen LogP contribution in [0.1, 0.15) is 9.75 Å². The minimum Gasteiger partial charge on any atom is -0.379 e. The first kappa shape index (κ1) is 13.0. The molecule has 0 aliphatic heterocycles. The van der Waals surface area contributed by atoms with Gasteiger partial charge in [0.15, 0.2) is 0 Å². The molecule has 0 unspecified atom stereocenters. The van der Waals surface area contributed by atoms with Crippen molar-refractivity contribution in [1.29, 1.82) is 0 Å². The highest BCUT2D eigenvalue weighted by molar-refractivity contribution is 9.10. The number of nitro benzene ring substituents is 1. The second-order valence-corrected chi connectivity index (χ2v) is 6.01. The second-order valence-electron chi connectivity index (χ2n) is 3.79. The molecule has 1 heterocycles. The van der Waals surface area contributed by atoms with Crippen LogP contribution >= 0.6 is 27.3 Å². The molecular weight excluding hydrogens is 316 g/mol. The number of hydrogen-bond donors (Lipinski definition) is 1. The van der Waals surface area contributed by atoms with Crippen molar-refractivity contribution < 1.29 is 4.92 Å². The summed E-state index contributed by atoms with van der Waals surface area (Å²) in [6, 6.07) is 8.86. The number of anilines is 1. The summed E-state index contributed by atoms with van der Waals surface area (Å²) in [6.45, 7) is 2.78. The Morgan fingerprint density at radius 3 is 2.72 bits per heavy atom. The van der Waals surface area contributed by atoms with Gasteiger partial charge in [-0.3, -0.25) is 10.1 Å². The van der Waals surface area contributed by atoms with Gasteiger partial charge < -0.3 is 5.32 Å². The van der Waals surface area contributed by atoms with Crippen LogP contribution in [0.15, 0.2) is 34.8 Å². The second kappa shape index (κ2) is 5.49. The molecule has 0 bridgehead atoms. The summed E-state index contributed by atoms with van der Waals surface area (Å²) >= 11 is 5.07. The summed E-state index contributed by atoms with van der Waals surface area (Å²) in [6.07, 6.45) is 0. The van der Waals surface area contributed by atoms with Crippen LogP contribution in [0.2, 0.25) is 0 Å². The number of non-ortho nitro benzene ring substituents is 1. The van der Waals surface area contributed by atoms with Gasteiger partial charge in [-0.15, -0.1) is 11.3 Å². The van der Waals surface area contributed by atoms with Gasteiger partial charge >= 0.3 is 0 Å². The number of nitrogens with one attached hydrogen (secondary N) is 1. The smallest absolute Gasteiger partial charge is 0.270 e. The number of thiophene rings is 1. The van der Waals surface area contributed by atoms with Crippen LogP contribution in [0.5, 0.6) is 0 Å². The third-order valence-corrected chi connectivity index (χ3v) is 4.07. The van der Waals surface area contributed by atoms with E-state index >= 15 is 0 Å². The molecule has 0 amide bonds. The minimum atomic E-state index is -0.406. The number of hydrogen-bond acceptors (Lipinski definition) is 4. The molecule has 0 atom stereocenters. The van der Waals surface area contributed by atoms with E-state index in [0.29, 0.717) is 4.47 Å². The van der Waals surface area contributed by atoms with Crippen LogP contribution in [0.3, 0.4) is 0 Å². The number of halogens is 1. The highest BCUT2D eigenvalue weighted by Crippen LogP contribution is 2.28. The molecule has 0 spiro atoms. The Balaban J connectivity index is 2.08. The molecule has 0 aliphatic rings. The number of benzene rings is 1. The van der Waals surface area contributed by atoms with E-state index in [0.717, 1.165) is 12.2 Å². The van der Waals surface area contributed by atoms with Crippen molar-refractivity contribution in [2.75, 3.05) is 5.32 Å². The first-order valence-corrected chi connectivity index (χ1v) is 6.90. The van der Waals surface area contributed by atoms with Crippen LogP contribution in [0, 0.1) is 17.0 Å². The molecule has 1 aromatic heterocycles. The molecule has 1 aromatic carbocycles. The quantitative estimate of drug-likeness (QED) is 0.671. The summed E-state index contributed by atoms with van der Waals surface area (Å²) < 4.78 is 0.699. The van der Waals surface area contributed by atoms with Gasteiger partial charge in [0.05, 0.1) is 4.92 Å². The number of rotatable bonds is 4. The number of aryl methyl sites for hydroxylation is 1. The third-order valence-electron chi connectivity index (χ3n) is 2.41. The van der Waals surface area contributed by atoms with Crippen molar-refractivity contribution in [3.05, 3.63) is 54.7 Å².